The highest BCUT2D eigenvalue weighted by Crippen LogP contribution is 2.36. The van der Waals surface area contributed by atoms with Crippen molar-refractivity contribution in [2.75, 3.05) is 30.0 Å². The number of fused-ring (bicyclic) bond motifs is 1. The number of urea groups is 1. The Labute approximate surface area is 174 Å². The average Bonchev–Trinajstić information content (AvgIpc) is 2.96. The summed E-state index contributed by atoms with van der Waals surface area (Å²) in [6.45, 7) is 4.92. The second kappa shape index (κ2) is 9.73. The number of carbonyl (C=O) groups is 2. The van der Waals surface area contributed by atoms with E-state index in [2.05, 4.69) is 10.6 Å². The number of amides is 3. The third-order valence-corrected chi connectivity index (χ3v) is 4.82. The van der Waals surface area contributed by atoms with Crippen LogP contribution in [0, 0.1) is 0 Å². The zero-order valence-electron chi connectivity index (χ0n) is 16.4. The number of para-hydroxylation sites is 2. The van der Waals surface area contributed by atoms with E-state index >= 15 is 0 Å². The first-order valence-corrected chi connectivity index (χ1v) is 9.88. The quantitative estimate of drug-likeness (QED) is 0.637. The van der Waals surface area contributed by atoms with Crippen LogP contribution in [0.25, 0.3) is 0 Å². The van der Waals surface area contributed by atoms with Crippen molar-refractivity contribution < 1.29 is 19.1 Å². The van der Waals surface area contributed by atoms with Gasteiger partial charge in [-0.15, -0.1) is 0 Å². The van der Waals surface area contributed by atoms with Gasteiger partial charge in [0.1, 0.15) is 6.04 Å². The van der Waals surface area contributed by atoms with Crippen molar-refractivity contribution in [3.05, 3.63) is 59.1 Å². The van der Waals surface area contributed by atoms with E-state index in [1.165, 1.54) is 0 Å². The van der Waals surface area contributed by atoms with Crippen LogP contribution >= 0.6 is 11.6 Å². The molecule has 0 aliphatic carbocycles. The summed E-state index contributed by atoms with van der Waals surface area (Å²) in [6.07, 6.45) is -0.544. The van der Waals surface area contributed by atoms with Gasteiger partial charge in [-0.05, 0) is 32.0 Å². The van der Waals surface area contributed by atoms with Crippen LogP contribution in [-0.2, 0) is 14.3 Å². The van der Waals surface area contributed by atoms with Gasteiger partial charge in [-0.25, -0.2) is 4.79 Å². The Morgan fingerprint density at radius 2 is 1.76 bits per heavy atom. The molecular formula is C21H24ClN3O4. The fourth-order valence-corrected chi connectivity index (χ4v) is 3.42. The fraction of sp³-hybridized carbons (Fsp3) is 0.333. The van der Waals surface area contributed by atoms with Gasteiger partial charge in [-0.3, -0.25) is 4.79 Å². The summed E-state index contributed by atoms with van der Waals surface area (Å²) in [4.78, 5) is 27.2. The van der Waals surface area contributed by atoms with E-state index in [-0.39, 0.29) is 12.5 Å². The molecule has 2 N–H and O–H groups in total. The Morgan fingerprint density at radius 3 is 2.45 bits per heavy atom. The Hall–Kier alpha value is -2.61. The van der Waals surface area contributed by atoms with E-state index in [0.29, 0.717) is 23.9 Å². The van der Waals surface area contributed by atoms with Crippen LogP contribution < -0.4 is 15.5 Å². The van der Waals surface area contributed by atoms with E-state index in [4.69, 9.17) is 21.1 Å². The van der Waals surface area contributed by atoms with Gasteiger partial charge in [0.15, 0.2) is 6.29 Å². The second-order valence-corrected chi connectivity index (χ2v) is 6.77. The van der Waals surface area contributed by atoms with Gasteiger partial charge in [0.2, 0.25) is 0 Å². The number of nitrogens with one attached hydrogen (secondary N) is 2. The standard InChI is InChI=1S/C21H24ClN3O4/c1-3-28-18(29-4-2)13-25-17-12-8-5-9-14(17)19(20(25)26)24-21(27)23-16-11-7-6-10-15(16)22/h5-12,18-19H,3-4,13H2,1-2H3,(H2,23,24,27)/t19-/m0/s1. The highest BCUT2D eigenvalue weighted by molar-refractivity contribution is 6.33. The molecule has 1 aliphatic heterocycles. The maximum Gasteiger partial charge on any atom is 0.320 e. The number of nitrogens with zero attached hydrogens (tertiary/aromatic N) is 1. The topological polar surface area (TPSA) is 79.9 Å². The Kier molecular flexibility index (Phi) is 7.09. The number of hydrogen-bond donors (Lipinski definition) is 2. The van der Waals surface area contributed by atoms with E-state index < -0.39 is 18.4 Å². The van der Waals surface area contributed by atoms with Crippen molar-refractivity contribution in [2.24, 2.45) is 0 Å². The third kappa shape index (κ3) is 4.87. The molecule has 3 rings (SSSR count). The van der Waals surface area contributed by atoms with Gasteiger partial charge in [-0.2, -0.15) is 0 Å². The molecule has 0 fully saturated rings. The molecule has 8 heteroatoms. The lowest BCUT2D eigenvalue weighted by atomic mass is 10.1. The molecule has 1 heterocycles. The summed E-state index contributed by atoms with van der Waals surface area (Å²) >= 11 is 6.09. The number of hydrogen-bond acceptors (Lipinski definition) is 4. The summed E-state index contributed by atoms with van der Waals surface area (Å²) in [6, 6.07) is 12.9. The minimum atomic E-state index is -0.808. The molecule has 1 atom stereocenters. The molecule has 0 spiro atoms. The first kappa shape index (κ1) is 21.1. The van der Waals surface area contributed by atoms with Crippen LogP contribution in [-0.4, -0.2) is 38.0 Å². The van der Waals surface area contributed by atoms with E-state index in [1.54, 1.807) is 29.2 Å². The van der Waals surface area contributed by atoms with Crippen molar-refractivity contribution in [3.63, 3.8) is 0 Å². The fourth-order valence-electron chi connectivity index (χ4n) is 3.24. The van der Waals surface area contributed by atoms with Gasteiger partial charge < -0.3 is 25.0 Å². The molecule has 2 aromatic carbocycles. The van der Waals surface area contributed by atoms with E-state index in [1.807, 2.05) is 38.1 Å². The SMILES string of the molecule is CCOC(CN1C(=O)[C@@H](NC(=O)Nc2ccccc2Cl)c2ccccc21)OCC. The third-order valence-electron chi connectivity index (χ3n) is 4.49. The lowest BCUT2D eigenvalue weighted by molar-refractivity contribution is -0.135. The number of ether oxygens (including phenoxy) is 2. The largest absolute Gasteiger partial charge is 0.351 e. The molecule has 0 aromatic heterocycles. The van der Waals surface area contributed by atoms with Crippen molar-refractivity contribution in [3.8, 4) is 0 Å². The predicted molar refractivity (Wildman–Crippen MR) is 112 cm³/mol. The predicted octanol–water partition coefficient (Wildman–Crippen LogP) is 3.95. The number of carbonyl (C=O) groups excluding carboxylic acids is 2. The molecule has 0 bridgehead atoms. The number of halogens is 1. The van der Waals surface area contributed by atoms with Crippen molar-refractivity contribution in [1.29, 1.82) is 0 Å². The average molecular weight is 418 g/mol. The highest BCUT2D eigenvalue weighted by Gasteiger charge is 2.39. The van der Waals surface area contributed by atoms with E-state index in [0.717, 1.165) is 11.3 Å². The molecule has 0 saturated carbocycles. The first-order valence-electron chi connectivity index (χ1n) is 9.50. The van der Waals surface area contributed by atoms with Crippen LogP contribution in [0.3, 0.4) is 0 Å². The Morgan fingerprint density at radius 1 is 1.10 bits per heavy atom. The summed E-state index contributed by atoms with van der Waals surface area (Å²) in [5, 5.41) is 5.84. The van der Waals surface area contributed by atoms with Gasteiger partial charge >= 0.3 is 6.03 Å². The molecule has 0 unspecified atom stereocenters. The number of rotatable bonds is 8. The summed E-state index contributed by atoms with van der Waals surface area (Å²) in [5.41, 5.74) is 1.92. The normalized spacial score (nSPS) is 15.5. The van der Waals surface area contributed by atoms with Gasteiger partial charge in [0, 0.05) is 24.5 Å². The first-order chi connectivity index (χ1) is 14.0. The molecule has 7 nitrogen and oxygen atoms in total. The van der Waals surface area contributed by atoms with Crippen LogP contribution in [0.4, 0.5) is 16.2 Å². The van der Waals surface area contributed by atoms with Gasteiger partial charge in [0.05, 0.1) is 17.3 Å². The molecular weight excluding hydrogens is 394 g/mol. The van der Waals surface area contributed by atoms with Crippen molar-refractivity contribution in [2.45, 2.75) is 26.2 Å². The number of benzene rings is 2. The molecule has 1 aliphatic rings. The molecule has 29 heavy (non-hydrogen) atoms. The minimum absolute atomic E-state index is 0.238. The van der Waals surface area contributed by atoms with Crippen LogP contribution in [0.5, 0.6) is 0 Å². The van der Waals surface area contributed by atoms with Crippen molar-refractivity contribution >= 4 is 34.9 Å². The second-order valence-electron chi connectivity index (χ2n) is 6.36. The minimum Gasteiger partial charge on any atom is -0.351 e. The molecule has 0 saturated heterocycles. The zero-order chi connectivity index (χ0) is 20.8. The van der Waals surface area contributed by atoms with Crippen LogP contribution in [0.1, 0.15) is 25.5 Å². The van der Waals surface area contributed by atoms with Crippen molar-refractivity contribution in [1.82, 2.24) is 5.32 Å². The van der Waals surface area contributed by atoms with Gasteiger partial charge in [-0.1, -0.05) is 41.9 Å². The monoisotopic (exact) mass is 417 g/mol. The molecule has 0 radical (unpaired) electrons. The molecule has 2 aromatic rings. The van der Waals surface area contributed by atoms with Crippen LogP contribution in [0.2, 0.25) is 5.02 Å². The van der Waals surface area contributed by atoms with E-state index in [9.17, 15) is 9.59 Å². The summed E-state index contributed by atoms with van der Waals surface area (Å²) in [5.74, 6) is -0.245. The molecule has 154 valence electrons. The maximum atomic E-state index is 13.1. The number of anilines is 2. The Balaban J connectivity index is 1.77. The maximum absolute atomic E-state index is 13.1. The zero-order valence-corrected chi connectivity index (χ0v) is 17.1. The molecule has 3 amide bonds. The summed E-state index contributed by atoms with van der Waals surface area (Å²) in [7, 11) is 0. The smallest absolute Gasteiger partial charge is 0.320 e. The lowest BCUT2D eigenvalue weighted by Gasteiger charge is -2.24. The van der Waals surface area contributed by atoms with Crippen LogP contribution in [0.15, 0.2) is 48.5 Å². The highest BCUT2D eigenvalue weighted by atomic mass is 35.5. The Bertz CT molecular complexity index is 871. The van der Waals surface area contributed by atoms with Gasteiger partial charge in [0.25, 0.3) is 5.91 Å². The summed E-state index contributed by atoms with van der Waals surface area (Å²) < 4.78 is 11.2. The lowest BCUT2D eigenvalue weighted by Crippen LogP contribution is -2.43.